The molecule has 0 unspecified atom stereocenters. The molecule has 2 aliphatic rings. The zero-order valence-corrected chi connectivity index (χ0v) is 19.8. The van der Waals surface area contributed by atoms with Gasteiger partial charge in [0.05, 0.1) is 37.4 Å². The van der Waals surface area contributed by atoms with Gasteiger partial charge in [-0.1, -0.05) is 0 Å². The van der Waals surface area contributed by atoms with Gasteiger partial charge in [-0.05, 0) is 6.07 Å². The summed E-state index contributed by atoms with van der Waals surface area (Å²) in [4.78, 5) is 30.3. The summed E-state index contributed by atoms with van der Waals surface area (Å²) in [6, 6.07) is 3.69. The molecule has 0 aromatic carbocycles. The van der Waals surface area contributed by atoms with Gasteiger partial charge in [0, 0.05) is 70.7 Å². The van der Waals surface area contributed by atoms with Crippen LogP contribution in [0.4, 0.5) is 5.82 Å². The fraction of sp³-hybridized carbons (Fsp3) is 0.458. The Bertz CT molecular complexity index is 1170. The van der Waals surface area contributed by atoms with Crippen molar-refractivity contribution in [2.75, 3.05) is 31.6 Å². The first-order valence-corrected chi connectivity index (χ1v) is 11.6. The molecule has 0 saturated carbocycles. The molecule has 0 spiro atoms. The van der Waals surface area contributed by atoms with Gasteiger partial charge in [-0.15, -0.1) is 0 Å². The van der Waals surface area contributed by atoms with Crippen LogP contribution >= 0.6 is 0 Å². The predicted molar refractivity (Wildman–Crippen MR) is 126 cm³/mol. The summed E-state index contributed by atoms with van der Waals surface area (Å²) in [7, 11) is 3.49. The lowest BCUT2D eigenvalue weighted by Gasteiger charge is -2.35. The van der Waals surface area contributed by atoms with Crippen LogP contribution in [0.15, 0.2) is 30.7 Å². The normalized spacial score (nSPS) is 16.3. The Morgan fingerprint density at radius 3 is 2.56 bits per heavy atom. The SMILES string of the molecule is COc1ccc(OC2CCN(c3nc4c(nc3-c3cnn(C)c3)CN(C(C)=O)CC4)CC2)cn1. The quantitative estimate of drug-likeness (QED) is 0.568. The molecule has 1 amide bonds. The molecule has 0 N–H and O–H groups in total. The van der Waals surface area contributed by atoms with Gasteiger partial charge in [-0.25, -0.2) is 15.0 Å². The third kappa shape index (κ3) is 4.52. The second kappa shape index (κ2) is 9.28. The Labute approximate surface area is 198 Å². The molecular weight excluding hydrogens is 434 g/mol. The van der Waals surface area contributed by atoms with E-state index in [1.54, 1.807) is 31.0 Å². The average Bonchev–Trinajstić information content (AvgIpc) is 3.30. The van der Waals surface area contributed by atoms with Crippen molar-refractivity contribution < 1.29 is 14.3 Å². The number of anilines is 1. The minimum atomic E-state index is 0.0635. The van der Waals surface area contributed by atoms with Crippen molar-refractivity contribution in [1.82, 2.24) is 29.6 Å². The maximum Gasteiger partial charge on any atom is 0.219 e. The summed E-state index contributed by atoms with van der Waals surface area (Å²) in [5, 5.41) is 4.34. The van der Waals surface area contributed by atoms with Crippen molar-refractivity contribution in [3.8, 4) is 22.9 Å². The number of aromatic nitrogens is 5. The lowest BCUT2D eigenvalue weighted by Crippen LogP contribution is -2.40. The minimum Gasteiger partial charge on any atom is -0.489 e. The number of methoxy groups -OCH3 is 1. The van der Waals surface area contributed by atoms with E-state index in [1.165, 1.54) is 0 Å². The van der Waals surface area contributed by atoms with Crippen molar-refractivity contribution >= 4 is 11.7 Å². The van der Waals surface area contributed by atoms with E-state index in [9.17, 15) is 4.79 Å². The van der Waals surface area contributed by atoms with E-state index in [4.69, 9.17) is 19.4 Å². The number of hydrogen-bond acceptors (Lipinski definition) is 8. The molecule has 2 aliphatic heterocycles. The van der Waals surface area contributed by atoms with Crippen LogP contribution < -0.4 is 14.4 Å². The molecule has 3 aromatic heterocycles. The lowest BCUT2D eigenvalue weighted by atomic mass is 10.1. The van der Waals surface area contributed by atoms with Crippen molar-refractivity contribution in [3.05, 3.63) is 42.1 Å². The molecule has 10 nitrogen and oxygen atoms in total. The number of hydrogen-bond donors (Lipinski definition) is 0. The molecule has 5 heterocycles. The number of amides is 1. The van der Waals surface area contributed by atoms with Crippen LogP contribution in [0.3, 0.4) is 0 Å². The Morgan fingerprint density at radius 1 is 1.09 bits per heavy atom. The standard InChI is InChI=1S/C24H29N7O3/c1-16(32)31-11-8-20-21(15-31)27-23(17-12-26-29(2)14-17)24(28-20)30-9-6-18(7-10-30)34-19-4-5-22(33-3)25-13-19/h4-5,12-14,18H,6-11,15H2,1-3H3. The van der Waals surface area contributed by atoms with Crippen molar-refractivity contribution in [3.63, 3.8) is 0 Å². The average molecular weight is 464 g/mol. The van der Waals surface area contributed by atoms with Crippen molar-refractivity contribution in [1.29, 1.82) is 0 Å². The molecule has 10 heteroatoms. The second-order valence-electron chi connectivity index (χ2n) is 8.72. The van der Waals surface area contributed by atoms with E-state index in [0.717, 1.165) is 60.1 Å². The summed E-state index contributed by atoms with van der Waals surface area (Å²) in [5.41, 5.74) is 3.59. The van der Waals surface area contributed by atoms with E-state index in [-0.39, 0.29) is 12.0 Å². The molecule has 0 bridgehead atoms. The number of pyridine rings is 1. The van der Waals surface area contributed by atoms with E-state index in [1.807, 2.05) is 30.4 Å². The third-order valence-electron chi connectivity index (χ3n) is 6.38. The topological polar surface area (TPSA) is 98.5 Å². The first-order valence-electron chi connectivity index (χ1n) is 11.6. The van der Waals surface area contributed by atoms with Crippen molar-refractivity contribution in [2.45, 2.75) is 38.8 Å². The van der Waals surface area contributed by atoms with Crippen LogP contribution in [0.5, 0.6) is 11.6 Å². The largest absolute Gasteiger partial charge is 0.489 e. The number of fused-ring (bicyclic) bond motifs is 1. The molecule has 0 radical (unpaired) electrons. The van der Waals surface area contributed by atoms with Gasteiger partial charge >= 0.3 is 0 Å². The van der Waals surface area contributed by atoms with E-state index < -0.39 is 0 Å². The van der Waals surface area contributed by atoms with E-state index >= 15 is 0 Å². The number of ether oxygens (including phenoxy) is 2. The molecule has 0 aliphatic carbocycles. The highest BCUT2D eigenvalue weighted by Gasteiger charge is 2.28. The van der Waals surface area contributed by atoms with E-state index in [2.05, 4.69) is 15.0 Å². The Kier molecular flexibility index (Phi) is 6.04. The maximum absolute atomic E-state index is 11.9. The Morgan fingerprint density at radius 2 is 1.91 bits per heavy atom. The highest BCUT2D eigenvalue weighted by atomic mass is 16.5. The van der Waals surface area contributed by atoms with Crippen LogP contribution in [0.1, 0.15) is 31.2 Å². The molecule has 0 atom stereocenters. The smallest absolute Gasteiger partial charge is 0.219 e. The number of rotatable bonds is 5. The first kappa shape index (κ1) is 22.1. The monoisotopic (exact) mass is 463 g/mol. The first-order chi connectivity index (χ1) is 16.5. The van der Waals surface area contributed by atoms with Gasteiger partial charge in [0.1, 0.15) is 17.5 Å². The van der Waals surface area contributed by atoms with Crippen LogP contribution in [0.2, 0.25) is 0 Å². The Hall–Kier alpha value is -3.69. The lowest BCUT2D eigenvalue weighted by molar-refractivity contribution is -0.129. The molecule has 1 fully saturated rings. The van der Waals surface area contributed by atoms with Gasteiger partial charge in [0.15, 0.2) is 5.82 Å². The maximum atomic E-state index is 11.9. The molecule has 5 rings (SSSR count). The molecule has 3 aromatic rings. The number of nitrogens with zero attached hydrogens (tertiary/aromatic N) is 7. The number of carbonyl (C=O) groups excluding carboxylic acids is 1. The number of carbonyl (C=O) groups is 1. The summed E-state index contributed by atoms with van der Waals surface area (Å²) in [6.45, 7) is 4.40. The van der Waals surface area contributed by atoms with Crippen LogP contribution in [-0.4, -0.2) is 68.4 Å². The van der Waals surface area contributed by atoms with Gasteiger partial charge in [-0.3, -0.25) is 9.48 Å². The summed E-state index contributed by atoms with van der Waals surface area (Å²) < 4.78 is 13.0. The van der Waals surface area contributed by atoms with Crippen LogP contribution in [-0.2, 0) is 24.8 Å². The summed E-state index contributed by atoms with van der Waals surface area (Å²) >= 11 is 0. The summed E-state index contributed by atoms with van der Waals surface area (Å²) in [6.07, 6.45) is 8.04. The van der Waals surface area contributed by atoms with Crippen LogP contribution in [0.25, 0.3) is 11.3 Å². The molecular formula is C24H29N7O3. The zero-order chi connectivity index (χ0) is 23.7. The number of piperidine rings is 1. The highest BCUT2D eigenvalue weighted by Crippen LogP contribution is 2.32. The van der Waals surface area contributed by atoms with Crippen molar-refractivity contribution in [2.24, 2.45) is 7.05 Å². The van der Waals surface area contributed by atoms with Gasteiger partial charge < -0.3 is 19.3 Å². The van der Waals surface area contributed by atoms with Gasteiger partial charge in [0.2, 0.25) is 11.8 Å². The zero-order valence-electron chi connectivity index (χ0n) is 19.8. The molecule has 178 valence electrons. The predicted octanol–water partition coefficient (Wildman–Crippen LogP) is 2.23. The highest BCUT2D eigenvalue weighted by molar-refractivity contribution is 5.74. The molecule has 1 saturated heterocycles. The fourth-order valence-electron chi connectivity index (χ4n) is 4.48. The summed E-state index contributed by atoms with van der Waals surface area (Å²) in [5.74, 6) is 2.27. The second-order valence-corrected chi connectivity index (χ2v) is 8.72. The van der Waals surface area contributed by atoms with E-state index in [0.29, 0.717) is 25.4 Å². The van der Waals surface area contributed by atoms with Gasteiger partial charge in [-0.2, -0.15) is 5.10 Å². The molecule has 34 heavy (non-hydrogen) atoms. The minimum absolute atomic E-state index is 0.0635. The van der Waals surface area contributed by atoms with Gasteiger partial charge in [0.25, 0.3) is 0 Å². The number of aryl methyl sites for hydroxylation is 1. The fourth-order valence-corrected chi connectivity index (χ4v) is 4.48. The third-order valence-corrected chi connectivity index (χ3v) is 6.38. The van der Waals surface area contributed by atoms with Crippen LogP contribution in [0, 0.1) is 0 Å². The Balaban J connectivity index is 1.36.